The molecule has 0 spiro atoms. The van der Waals surface area contributed by atoms with Crippen LogP contribution in [0, 0.1) is 0 Å². The number of rotatable bonds is 16. The third-order valence-corrected chi connectivity index (χ3v) is 16.9. The van der Waals surface area contributed by atoms with Crippen molar-refractivity contribution >= 4 is 53.0 Å². The summed E-state index contributed by atoms with van der Waals surface area (Å²) < 4.78 is 82.5. The van der Waals surface area contributed by atoms with E-state index >= 15 is 0 Å². The van der Waals surface area contributed by atoms with Crippen LogP contribution >= 0.6 is 22.7 Å². The van der Waals surface area contributed by atoms with Crippen LogP contribution < -0.4 is 33.5 Å². The van der Waals surface area contributed by atoms with E-state index in [0.717, 1.165) is 51.4 Å². The molecule has 2 fully saturated rings. The number of ether oxygens (including phenoxy) is 5. The monoisotopic (exact) mass is 976 g/mol. The van der Waals surface area contributed by atoms with Crippen molar-refractivity contribution in [1.29, 1.82) is 0 Å². The average Bonchev–Trinajstić information content (AvgIpc) is 4.06. The second kappa shape index (κ2) is 21.9. The van der Waals surface area contributed by atoms with Gasteiger partial charge in [-0.2, -0.15) is 8.61 Å². The first-order valence-electron chi connectivity index (χ1n) is 21.6. The summed E-state index contributed by atoms with van der Waals surface area (Å²) in [4.78, 5) is 14.2. The zero-order valence-corrected chi connectivity index (χ0v) is 41.3. The minimum Gasteiger partial charge on any atom is -0.497 e. The van der Waals surface area contributed by atoms with Crippen molar-refractivity contribution in [2.75, 3.05) is 97.2 Å². The Balaban J connectivity index is 0.000000196. The lowest BCUT2D eigenvalue weighted by Crippen LogP contribution is -2.48. The molecule has 0 N–H and O–H groups in total. The minimum atomic E-state index is -3.68. The number of sulfonamides is 2. The lowest BCUT2D eigenvalue weighted by atomic mass is 10.1. The topological polar surface area (TPSA) is 153 Å². The Morgan fingerprint density at radius 1 is 0.530 bits per heavy atom. The van der Waals surface area contributed by atoms with Crippen molar-refractivity contribution in [3.8, 4) is 51.3 Å². The predicted molar refractivity (Wildman–Crippen MR) is 261 cm³/mol. The highest BCUT2D eigenvalue weighted by Gasteiger charge is 2.33. The fourth-order valence-corrected chi connectivity index (χ4v) is 12.5. The molecule has 2 aliphatic heterocycles. The van der Waals surface area contributed by atoms with Gasteiger partial charge < -0.3 is 33.5 Å². The molecule has 4 aromatic carbocycles. The molecule has 0 bridgehead atoms. The molecule has 0 aliphatic carbocycles. The normalized spacial score (nSPS) is 14.9. The Morgan fingerprint density at radius 2 is 0.939 bits per heavy atom. The molecule has 0 radical (unpaired) electrons. The van der Waals surface area contributed by atoms with Gasteiger partial charge in [0, 0.05) is 86.4 Å². The first kappa shape index (κ1) is 48.5. The lowest BCUT2D eigenvalue weighted by molar-refractivity contribution is 0.340. The van der Waals surface area contributed by atoms with Crippen LogP contribution in [0.4, 0.5) is 10.3 Å². The van der Waals surface area contributed by atoms with Gasteiger partial charge in [0.2, 0.25) is 20.0 Å². The van der Waals surface area contributed by atoms with Gasteiger partial charge in [0.1, 0.15) is 38.5 Å². The van der Waals surface area contributed by atoms with Gasteiger partial charge in [-0.25, -0.2) is 26.8 Å². The Morgan fingerprint density at radius 3 is 1.32 bits per heavy atom. The first-order valence-corrected chi connectivity index (χ1v) is 26.2. The number of thiazole rings is 2. The van der Waals surface area contributed by atoms with Crippen molar-refractivity contribution in [2.45, 2.75) is 36.5 Å². The molecule has 19 heteroatoms. The quantitative estimate of drug-likeness (QED) is 0.0921. The molecule has 6 aromatic rings. The van der Waals surface area contributed by atoms with Crippen LogP contribution in [0.3, 0.4) is 0 Å². The number of aryl methyl sites for hydroxylation is 1. The smallest absolute Gasteiger partial charge is 0.246 e. The summed E-state index contributed by atoms with van der Waals surface area (Å²) in [6, 6.07) is 26.0. The molecule has 8 rings (SSSR count). The van der Waals surface area contributed by atoms with E-state index in [0.29, 0.717) is 70.5 Å². The molecule has 4 heterocycles. The molecule has 0 atom stereocenters. The van der Waals surface area contributed by atoms with E-state index in [2.05, 4.69) is 46.4 Å². The van der Waals surface area contributed by atoms with Gasteiger partial charge in [0.05, 0.1) is 46.4 Å². The van der Waals surface area contributed by atoms with Gasteiger partial charge in [0.25, 0.3) is 0 Å². The predicted octanol–water partition coefficient (Wildman–Crippen LogP) is 8.03. The summed E-state index contributed by atoms with van der Waals surface area (Å²) >= 11 is 3.16. The van der Waals surface area contributed by atoms with Crippen molar-refractivity contribution in [1.82, 2.24) is 18.6 Å². The van der Waals surface area contributed by atoms with Gasteiger partial charge in [-0.1, -0.05) is 37.6 Å². The molecule has 2 aliphatic rings. The van der Waals surface area contributed by atoms with E-state index in [-0.39, 0.29) is 21.3 Å². The van der Waals surface area contributed by atoms with E-state index in [1.54, 1.807) is 46.9 Å². The van der Waals surface area contributed by atoms with Crippen LogP contribution in [0.2, 0.25) is 0 Å². The van der Waals surface area contributed by atoms with Gasteiger partial charge in [-0.3, -0.25) is 0 Å². The van der Waals surface area contributed by atoms with Crippen molar-refractivity contribution < 1.29 is 40.5 Å². The van der Waals surface area contributed by atoms with Gasteiger partial charge in [-0.05, 0) is 67.4 Å². The molecule has 0 amide bonds. The number of benzene rings is 4. The second-order valence-electron chi connectivity index (χ2n) is 15.3. The average molecular weight is 977 g/mol. The summed E-state index contributed by atoms with van der Waals surface area (Å²) in [7, 11) is -1.38. The Kier molecular flexibility index (Phi) is 16.1. The molecular weight excluding hydrogens is 921 g/mol. The van der Waals surface area contributed by atoms with Crippen LogP contribution in [0.15, 0.2) is 105 Å². The molecule has 15 nitrogen and oxygen atoms in total. The minimum absolute atomic E-state index is 0.145. The summed E-state index contributed by atoms with van der Waals surface area (Å²) in [6.45, 7) is 8.58. The third-order valence-electron chi connectivity index (χ3n) is 11.2. The first-order chi connectivity index (χ1) is 31.9. The Hall–Kier alpha value is -5.44. The summed E-state index contributed by atoms with van der Waals surface area (Å²) in [5, 5.41) is 5.89. The molecule has 2 aromatic heterocycles. The molecular formula is C47H56N6O9S4. The van der Waals surface area contributed by atoms with Crippen LogP contribution in [0.5, 0.6) is 28.7 Å². The Bertz CT molecular complexity index is 2560. The standard InChI is InChI=1S/C24H29N3O4S2.C23H27N3O5S2/c1-4-5-18-6-8-19(9-7-18)21-17-32-24(25-21)26-12-14-27(15-13-26)33(28,29)23-11-10-20(30-2)16-22(23)31-3;1-4-31-18-7-5-17(6-8-18)20-16-32-23(24-20)25-11-13-26(14-12-25)33(27,28)22-10-9-19(29-2)15-21(22)30-3/h6-11,16-17H,4-5,12-15H2,1-3H3;5-10,15-16H,4,11-14H2,1-3H3. The van der Waals surface area contributed by atoms with Crippen LogP contribution in [0.25, 0.3) is 22.5 Å². The maximum atomic E-state index is 13.2. The zero-order chi connectivity index (χ0) is 46.8. The number of aromatic nitrogens is 2. The highest BCUT2D eigenvalue weighted by molar-refractivity contribution is 7.89. The number of hydrogen-bond acceptors (Lipinski definition) is 15. The fraction of sp³-hybridized carbons (Fsp3) is 0.362. The van der Waals surface area contributed by atoms with Crippen molar-refractivity contribution in [3.63, 3.8) is 0 Å². The molecule has 0 saturated carbocycles. The van der Waals surface area contributed by atoms with Crippen LogP contribution in [-0.4, -0.2) is 123 Å². The highest BCUT2D eigenvalue weighted by atomic mass is 32.2. The van der Waals surface area contributed by atoms with Gasteiger partial charge in [0.15, 0.2) is 10.3 Å². The summed E-state index contributed by atoms with van der Waals surface area (Å²) in [5.41, 5.74) is 5.31. The van der Waals surface area contributed by atoms with Gasteiger partial charge in [-0.15, -0.1) is 22.7 Å². The zero-order valence-electron chi connectivity index (χ0n) is 38.0. The maximum absolute atomic E-state index is 13.2. The van der Waals surface area contributed by atoms with E-state index < -0.39 is 20.0 Å². The van der Waals surface area contributed by atoms with Crippen LogP contribution in [-0.2, 0) is 26.5 Å². The third kappa shape index (κ3) is 11.0. The van der Waals surface area contributed by atoms with Crippen molar-refractivity contribution in [3.05, 3.63) is 101 Å². The second-order valence-corrected chi connectivity index (χ2v) is 20.7. The number of nitrogens with zero attached hydrogens (tertiary/aromatic N) is 6. The van der Waals surface area contributed by atoms with E-state index in [1.807, 2.05) is 36.6 Å². The SMILES string of the molecule is CCCc1ccc(-c2csc(N3CCN(S(=O)(=O)c4ccc(OC)cc4OC)CC3)n2)cc1.CCOc1ccc(-c2csc(N3CCN(S(=O)(=O)c4ccc(OC)cc4OC)CC3)n2)cc1. The van der Waals surface area contributed by atoms with E-state index in [9.17, 15) is 16.8 Å². The number of piperazine rings is 2. The number of anilines is 2. The largest absolute Gasteiger partial charge is 0.497 e. The Labute approximate surface area is 396 Å². The molecule has 352 valence electrons. The highest BCUT2D eigenvalue weighted by Crippen LogP contribution is 2.35. The molecule has 2 saturated heterocycles. The lowest BCUT2D eigenvalue weighted by Gasteiger charge is -2.34. The van der Waals surface area contributed by atoms with Crippen LogP contribution in [0.1, 0.15) is 25.8 Å². The van der Waals surface area contributed by atoms with Gasteiger partial charge >= 0.3 is 0 Å². The summed E-state index contributed by atoms with van der Waals surface area (Å²) in [6.07, 6.45) is 2.21. The number of methoxy groups -OCH3 is 4. The van der Waals surface area contributed by atoms with E-state index in [1.165, 1.54) is 54.7 Å². The molecule has 0 unspecified atom stereocenters. The maximum Gasteiger partial charge on any atom is 0.246 e. The van der Waals surface area contributed by atoms with Crippen molar-refractivity contribution in [2.24, 2.45) is 0 Å². The summed E-state index contributed by atoms with van der Waals surface area (Å²) in [5.74, 6) is 2.49. The van der Waals surface area contributed by atoms with E-state index in [4.69, 9.17) is 33.7 Å². The molecule has 66 heavy (non-hydrogen) atoms. The number of hydrogen-bond donors (Lipinski definition) is 0. The fourth-order valence-electron chi connectivity index (χ4n) is 7.60.